The molecule has 104 valence electrons. The highest BCUT2D eigenvalue weighted by Gasteiger charge is 2.09. The number of benzene rings is 2. The smallest absolute Gasteiger partial charge is 0.264 e. The number of ether oxygens (including phenoxy) is 1. The molecule has 0 bridgehead atoms. The van der Waals surface area contributed by atoms with Gasteiger partial charge in [-0.3, -0.25) is 0 Å². The van der Waals surface area contributed by atoms with Crippen molar-refractivity contribution in [2.24, 2.45) is 0 Å². The van der Waals surface area contributed by atoms with Crippen molar-refractivity contribution < 1.29 is 13.5 Å². The molecule has 2 aromatic rings. The minimum absolute atomic E-state index is 0.0894. The minimum Gasteiger partial charge on any atom is -0.497 e. The van der Waals surface area contributed by atoms with Gasteiger partial charge in [-0.05, 0) is 35.7 Å². The second-order valence-corrected chi connectivity index (χ2v) is 4.52. The van der Waals surface area contributed by atoms with Crippen LogP contribution >= 0.6 is 0 Å². The molecule has 0 N–H and O–H groups in total. The van der Waals surface area contributed by atoms with E-state index in [1.807, 2.05) is 36.4 Å². The van der Waals surface area contributed by atoms with Gasteiger partial charge >= 0.3 is 0 Å². The molecule has 0 heterocycles. The van der Waals surface area contributed by atoms with Gasteiger partial charge in [0, 0.05) is 5.56 Å². The molecule has 2 rings (SSSR count). The molecule has 0 unspecified atom stereocenters. The average Bonchev–Trinajstić information content (AvgIpc) is 2.45. The summed E-state index contributed by atoms with van der Waals surface area (Å²) in [6.45, 7) is 1.70. The number of hydrogen-bond acceptors (Lipinski definition) is 1. The van der Waals surface area contributed by atoms with Crippen molar-refractivity contribution in [3.8, 4) is 5.75 Å². The van der Waals surface area contributed by atoms with E-state index in [0.29, 0.717) is 5.56 Å². The van der Waals surface area contributed by atoms with Crippen LogP contribution in [0.1, 0.15) is 28.7 Å². The molecule has 0 atom stereocenters. The summed E-state index contributed by atoms with van der Waals surface area (Å²) in [7, 11) is 1.62. The third-order valence-electron chi connectivity index (χ3n) is 3.11. The van der Waals surface area contributed by atoms with Crippen LogP contribution in [0.2, 0.25) is 0 Å². The van der Waals surface area contributed by atoms with Gasteiger partial charge in [-0.2, -0.15) is 0 Å². The summed E-state index contributed by atoms with van der Waals surface area (Å²) >= 11 is 0. The lowest BCUT2D eigenvalue weighted by atomic mass is 10.0. The minimum atomic E-state index is -2.42. The maximum Gasteiger partial charge on any atom is 0.264 e. The molecule has 0 aliphatic carbocycles. The summed E-state index contributed by atoms with van der Waals surface area (Å²) in [5, 5.41) is 0. The van der Waals surface area contributed by atoms with Crippen LogP contribution < -0.4 is 4.74 Å². The third kappa shape index (κ3) is 3.44. The van der Waals surface area contributed by atoms with Crippen LogP contribution in [-0.2, 0) is 0 Å². The highest BCUT2D eigenvalue weighted by molar-refractivity contribution is 5.70. The fourth-order valence-corrected chi connectivity index (χ4v) is 1.95. The van der Waals surface area contributed by atoms with E-state index in [1.54, 1.807) is 26.2 Å². The quantitative estimate of drug-likeness (QED) is 0.704. The largest absolute Gasteiger partial charge is 0.497 e. The molecule has 0 aliphatic heterocycles. The molecule has 0 aliphatic rings. The van der Waals surface area contributed by atoms with Gasteiger partial charge in [0.2, 0.25) is 0 Å². The van der Waals surface area contributed by atoms with E-state index < -0.39 is 6.43 Å². The first-order valence-corrected chi connectivity index (χ1v) is 6.31. The maximum absolute atomic E-state index is 12.7. The zero-order chi connectivity index (χ0) is 14.5. The molecule has 2 aromatic carbocycles. The number of hydrogen-bond donors (Lipinski definition) is 0. The summed E-state index contributed by atoms with van der Waals surface area (Å²) in [6.07, 6.45) is 1.43. The molecule has 0 fully saturated rings. The normalized spacial score (nSPS) is 11.2. The van der Waals surface area contributed by atoms with E-state index >= 15 is 0 Å². The lowest BCUT2D eigenvalue weighted by Gasteiger charge is -2.05. The van der Waals surface area contributed by atoms with Crippen LogP contribution in [0.15, 0.2) is 42.5 Å². The van der Waals surface area contributed by atoms with Crippen molar-refractivity contribution in [2.45, 2.75) is 13.3 Å². The number of aryl methyl sites for hydroxylation is 1. The number of rotatable bonds is 4. The average molecular weight is 274 g/mol. The van der Waals surface area contributed by atoms with Gasteiger partial charge in [0.25, 0.3) is 6.43 Å². The Morgan fingerprint density at radius 3 is 2.10 bits per heavy atom. The molecule has 20 heavy (non-hydrogen) atoms. The van der Waals surface area contributed by atoms with Crippen LogP contribution in [0.5, 0.6) is 5.75 Å². The lowest BCUT2D eigenvalue weighted by molar-refractivity contribution is 0.150. The predicted octanol–water partition coefficient (Wildman–Crippen LogP) is 5.11. The van der Waals surface area contributed by atoms with Crippen molar-refractivity contribution in [3.63, 3.8) is 0 Å². The molecule has 0 aromatic heterocycles. The summed E-state index contributed by atoms with van der Waals surface area (Å²) < 4.78 is 30.4. The van der Waals surface area contributed by atoms with E-state index in [2.05, 4.69) is 0 Å². The van der Waals surface area contributed by atoms with Crippen molar-refractivity contribution in [3.05, 3.63) is 64.7 Å². The summed E-state index contributed by atoms with van der Waals surface area (Å²) in [4.78, 5) is 0. The van der Waals surface area contributed by atoms with Crippen molar-refractivity contribution in [1.29, 1.82) is 0 Å². The summed E-state index contributed by atoms with van der Waals surface area (Å²) in [5.74, 6) is 0.805. The molecule has 0 saturated heterocycles. The number of halogens is 2. The Labute approximate surface area is 117 Å². The van der Waals surface area contributed by atoms with Gasteiger partial charge in [0.15, 0.2) is 0 Å². The Kier molecular flexibility index (Phi) is 4.51. The van der Waals surface area contributed by atoms with Crippen LogP contribution in [0, 0.1) is 6.92 Å². The summed E-state index contributed by atoms with van der Waals surface area (Å²) in [6, 6.07) is 12.6. The Hall–Kier alpha value is -2.16. The van der Waals surface area contributed by atoms with Crippen LogP contribution in [0.25, 0.3) is 12.2 Å². The molecule has 1 nitrogen and oxygen atoms in total. The predicted molar refractivity (Wildman–Crippen MR) is 78.1 cm³/mol. The van der Waals surface area contributed by atoms with E-state index in [4.69, 9.17) is 4.74 Å². The van der Waals surface area contributed by atoms with E-state index in [9.17, 15) is 8.78 Å². The van der Waals surface area contributed by atoms with Gasteiger partial charge in [-0.1, -0.05) is 42.5 Å². The number of methoxy groups -OCH3 is 1. The second kappa shape index (κ2) is 6.33. The van der Waals surface area contributed by atoms with Crippen molar-refractivity contribution >= 4 is 12.2 Å². The second-order valence-electron chi connectivity index (χ2n) is 4.52. The first-order chi connectivity index (χ1) is 9.60. The Morgan fingerprint density at radius 2 is 1.55 bits per heavy atom. The summed E-state index contributed by atoms with van der Waals surface area (Å²) in [5.41, 5.74) is 2.63. The lowest BCUT2D eigenvalue weighted by Crippen LogP contribution is -1.89. The number of alkyl halides is 2. The van der Waals surface area contributed by atoms with Crippen LogP contribution in [-0.4, -0.2) is 7.11 Å². The van der Waals surface area contributed by atoms with Crippen molar-refractivity contribution in [1.82, 2.24) is 0 Å². The van der Waals surface area contributed by atoms with E-state index in [0.717, 1.165) is 16.9 Å². The monoisotopic (exact) mass is 274 g/mol. The first kappa shape index (κ1) is 14.3. The Balaban J connectivity index is 2.16. The Morgan fingerprint density at radius 1 is 0.950 bits per heavy atom. The zero-order valence-electron chi connectivity index (χ0n) is 11.4. The highest BCUT2D eigenvalue weighted by atomic mass is 19.3. The SMILES string of the molecule is COc1ccc(/C=C/c2ccc(C(F)F)c(C)c2)cc1. The molecular formula is C17H16F2O. The molecular weight excluding hydrogens is 258 g/mol. The fourth-order valence-electron chi connectivity index (χ4n) is 1.95. The van der Waals surface area contributed by atoms with Gasteiger partial charge in [-0.25, -0.2) is 8.78 Å². The molecule has 0 spiro atoms. The third-order valence-corrected chi connectivity index (χ3v) is 3.11. The molecule has 0 radical (unpaired) electrons. The van der Waals surface area contributed by atoms with E-state index in [1.165, 1.54) is 6.07 Å². The topological polar surface area (TPSA) is 9.23 Å². The van der Waals surface area contributed by atoms with Crippen LogP contribution in [0.3, 0.4) is 0 Å². The Bertz CT molecular complexity index is 601. The van der Waals surface area contributed by atoms with Gasteiger partial charge < -0.3 is 4.74 Å². The van der Waals surface area contributed by atoms with Gasteiger partial charge in [0.1, 0.15) is 5.75 Å². The first-order valence-electron chi connectivity index (χ1n) is 6.31. The molecule has 0 saturated carbocycles. The van der Waals surface area contributed by atoms with Gasteiger partial charge in [0.05, 0.1) is 7.11 Å². The van der Waals surface area contributed by atoms with Crippen molar-refractivity contribution in [2.75, 3.05) is 7.11 Å². The fraction of sp³-hybridized carbons (Fsp3) is 0.176. The van der Waals surface area contributed by atoms with E-state index in [-0.39, 0.29) is 5.56 Å². The maximum atomic E-state index is 12.7. The molecule has 3 heteroatoms. The van der Waals surface area contributed by atoms with Gasteiger partial charge in [-0.15, -0.1) is 0 Å². The zero-order valence-corrected chi connectivity index (χ0v) is 11.4. The van der Waals surface area contributed by atoms with Crippen LogP contribution in [0.4, 0.5) is 8.78 Å². The molecule has 0 amide bonds. The standard InChI is InChI=1S/C17H16F2O/c1-12-11-14(7-10-16(12)17(18)19)4-3-13-5-8-15(20-2)9-6-13/h3-11,17H,1-2H3/b4-3+. The highest BCUT2D eigenvalue weighted by Crippen LogP contribution is 2.24.